The maximum Gasteiger partial charge on any atom is 0.123 e. The lowest BCUT2D eigenvalue weighted by Crippen LogP contribution is -2.45. The summed E-state index contributed by atoms with van der Waals surface area (Å²) in [5, 5.41) is 7.75. The first-order chi connectivity index (χ1) is 10.3. The molecule has 0 bridgehead atoms. The van der Waals surface area contributed by atoms with E-state index in [0.717, 1.165) is 31.9 Å². The number of hydrogen-bond acceptors (Lipinski definition) is 4. The van der Waals surface area contributed by atoms with Crippen LogP contribution in [0.15, 0.2) is 36.5 Å². The number of rotatable bonds is 4. The summed E-state index contributed by atoms with van der Waals surface area (Å²) in [6, 6.07) is 10.7. The van der Waals surface area contributed by atoms with Gasteiger partial charge in [0.25, 0.3) is 0 Å². The van der Waals surface area contributed by atoms with E-state index < -0.39 is 0 Å². The molecule has 2 aromatic rings. The third-order valence-electron chi connectivity index (χ3n) is 4.14. The first-order valence-electron chi connectivity index (χ1n) is 7.34. The molecule has 0 amide bonds. The van der Waals surface area contributed by atoms with E-state index in [4.69, 9.17) is 4.74 Å². The number of nitrogens with one attached hydrogen (secondary N) is 1. The molecule has 1 aromatic carbocycles. The number of aryl methyl sites for hydroxylation is 1. The molecule has 1 aromatic heterocycles. The van der Waals surface area contributed by atoms with Crippen molar-refractivity contribution in [1.82, 2.24) is 20.0 Å². The van der Waals surface area contributed by atoms with E-state index >= 15 is 0 Å². The number of halogens is 1. The van der Waals surface area contributed by atoms with Crippen molar-refractivity contribution < 1.29 is 4.74 Å². The van der Waals surface area contributed by atoms with Gasteiger partial charge in [0.05, 0.1) is 18.8 Å². The van der Waals surface area contributed by atoms with E-state index in [1.165, 1.54) is 11.3 Å². The first-order valence-corrected chi connectivity index (χ1v) is 7.34. The summed E-state index contributed by atoms with van der Waals surface area (Å²) in [5.41, 5.74) is 2.48. The molecule has 22 heavy (non-hydrogen) atoms. The molecule has 1 fully saturated rings. The zero-order valence-corrected chi connectivity index (χ0v) is 13.8. The quantitative estimate of drug-likeness (QED) is 0.935. The number of aromatic nitrogens is 2. The molecule has 120 valence electrons. The third-order valence-corrected chi connectivity index (χ3v) is 4.14. The third kappa shape index (κ3) is 3.43. The summed E-state index contributed by atoms with van der Waals surface area (Å²) < 4.78 is 7.48. The summed E-state index contributed by atoms with van der Waals surface area (Å²) in [7, 11) is 3.73. The van der Waals surface area contributed by atoms with Crippen LogP contribution >= 0.6 is 12.4 Å². The minimum Gasteiger partial charge on any atom is -0.496 e. The Hall–Kier alpha value is -1.56. The summed E-state index contributed by atoms with van der Waals surface area (Å²) in [5.74, 6) is 0.959. The number of para-hydroxylation sites is 1. The van der Waals surface area contributed by atoms with Crippen molar-refractivity contribution in [1.29, 1.82) is 0 Å². The van der Waals surface area contributed by atoms with Crippen LogP contribution in [0.3, 0.4) is 0 Å². The van der Waals surface area contributed by atoms with Crippen molar-refractivity contribution >= 4 is 12.4 Å². The van der Waals surface area contributed by atoms with Crippen LogP contribution in [0.1, 0.15) is 17.3 Å². The van der Waals surface area contributed by atoms with E-state index in [2.05, 4.69) is 33.5 Å². The van der Waals surface area contributed by atoms with Gasteiger partial charge in [-0.25, -0.2) is 0 Å². The van der Waals surface area contributed by atoms with Gasteiger partial charge in [0.1, 0.15) is 5.75 Å². The molecule has 1 atom stereocenters. The van der Waals surface area contributed by atoms with Gasteiger partial charge in [0, 0.05) is 45.0 Å². The van der Waals surface area contributed by atoms with Crippen LogP contribution in [0.2, 0.25) is 0 Å². The van der Waals surface area contributed by atoms with Gasteiger partial charge in [0.2, 0.25) is 0 Å². The van der Waals surface area contributed by atoms with Crippen LogP contribution in [0, 0.1) is 0 Å². The number of nitrogens with zero attached hydrogens (tertiary/aromatic N) is 3. The van der Waals surface area contributed by atoms with Gasteiger partial charge >= 0.3 is 0 Å². The fourth-order valence-corrected chi connectivity index (χ4v) is 2.95. The molecule has 2 heterocycles. The van der Waals surface area contributed by atoms with Gasteiger partial charge in [-0.1, -0.05) is 18.2 Å². The summed E-state index contributed by atoms with van der Waals surface area (Å²) in [6.07, 6.45) is 1.86. The van der Waals surface area contributed by atoms with Crippen molar-refractivity contribution in [2.45, 2.75) is 12.6 Å². The number of benzene rings is 1. The zero-order valence-electron chi connectivity index (χ0n) is 13.0. The summed E-state index contributed by atoms with van der Waals surface area (Å²) in [6.45, 7) is 3.89. The van der Waals surface area contributed by atoms with Gasteiger partial charge in [0.15, 0.2) is 0 Å². The molecule has 5 nitrogen and oxygen atoms in total. The van der Waals surface area contributed by atoms with Crippen molar-refractivity contribution in [2.24, 2.45) is 7.05 Å². The molecular formula is C16H23ClN4O. The SMILES string of the molecule is COc1ccccc1C1CNCCN1Cc1ccnn1C.Cl. The van der Waals surface area contributed by atoms with E-state index in [-0.39, 0.29) is 12.4 Å². The summed E-state index contributed by atoms with van der Waals surface area (Å²) in [4.78, 5) is 2.49. The molecule has 3 rings (SSSR count). The maximum atomic E-state index is 5.53. The van der Waals surface area contributed by atoms with E-state index in [1.54, 1.807) is 7.11 Å². The van der Waals surface area contributed by atoms with Gasteiger partial charge in [-0.3, -0.25) is 9.58 Å². The predicted octanol–water partition coefficient (Wildman–Crippen LogP) is 2.00. The Labute approximate surface area is 137 Å². The van der Waals surface area contributed by atoms with Crippen LogP contribution in [0.5, 0.6) is 5.75 Å². The van der Waals surface area contributed by atoms with Crippen molar-refractivity contribution in [2.75, 3.05) is 26.7 Å². The average Bonchev–Trinajstić information content (AvgIpc) is 2.93. The van der Waals surface area contributed by atoms with E-state index in [1.807, 2.05) is 30.1 Å². The lowest BCUT2D eigenvalue weighted by molar-refractivity contribution is 0.147. The Morgan fingerprint density at radius 1 is 1.32 bits per heavy atom. The topological polar surface area (TPSA) is 42.3 Å². The highest BCUT2D eigenvalue weighted by Gasteiger charge is 2.26. The number of ether oxygens (including phenoxy) is 1. The number of piperazine rings is 1. The lowest BCUT2D eigenvalue weighted by Gasteiger charge is -2.37. The second-order valence-corrected chi connectivity index (χ2v) is 5.38. The molecule has 0 aliphatic carbocycles. The average molecular weight is 323 g/mol. The fourth-order valence-electron chi connectivity index (χ4n) is 2.95. The molecule has 1 aliphatic heterocycles. The molecule has 1 aliphatic rings. The molecule has 6 heteroatoms. The highest BCUT2D eigenvalue weighted by molar-refractivity contribution is 5.85. The Kier molecular flexibility index (Phi) is 5.83. The zero-order chi connectivity index (χ0) is 14.7. The standard InChI is InChI=1S/C16H22N4O.ClH/c1-19-13(7-8-18-19)12-20-10-9-17-11-15(20)14-5-3-4-6-16(14)21-2;/h3-8,15,17H,9-12H2,1-2H3;1H. The van der Waals surface area contributed by atoms with Crippen molar-refractivity contribution in [3.63, 3.8) is 0 Å². The molecule has 0 radical (unpaired) electrons. The molecule has 0 spiro atoms. The first kappa shape index (κ1) is 16.8. The Morgan fingerprint density at radius 2 is 2.14 bits per heavy atom. The van der Waals surface area contributed by atoms with Crippen LogP contribution in [-0.4, -0.2) is 41.4 Å². The number of hydrogen-bond donors (Lipinski definition) is 1. The Morgan fingerprint density at radius 3 is 2.86 bits per heavy atom. The fraction of sp³-hybridized carbons (Fsp3) is 0.438. The molecule has 1 saturated heterocycles. The van der Waals surface area contributed by atoms with Crippen molar-refractivity contribution in [3.05, 3.63) is 47.8 Å². The minimum absolute atomic E-state index is 0. The highest BCUT2D eigenvalue weighted by Crippen LogP contribution is 2.30. The second kappa shape index (κ2) is 7.63. The lowest BCUT2D eigenvalue weighted by atomic mass is 10.0. The Balaban J connectivity index is 0.00000176. The van der Waals surface area contributed by atoms with Gasteiger partial charge in [-0.15, -0.1) is 12.4 Å². The molecule has 1 N–H and O–H groups in total. The van der Waals surface area contributed by atoms with Crippen molar-refractivity contribution in [3.8, 4) is 5.75 Å². The van der Waals surface area contributed by atoms with Gasteiger partial charge < -0.3 is 10.1 Å². The largest absolute Gasteiger partial charge is 0.496 e. The van der Waals surface area contributed by atoms with Crippen LogP contribution in [-0.2, 0) is 13.6 Å². The molecule has 0 saturated carbocycles. The van der Waals surface area contributed by atoms with Gasteiger partial charge in [-0.2, -0.15) is 5.10 Å². The van der Waals surface area contributed by atoms with Crippen LogP contribution in [0.25, 0.3) is 0 Å². The predicted molar refractivity (Wildman–Crippen MR) is 89.5 cm³/mol. The van der Waals surface area contributed by atoms with E-state index in [9.17, 15) is 0 Å². The molecular weight excluding hydrogens is 300 g/mol. The summed E-state index contributed by atoms with van der Waals surface area (Å²) >= 11 is 0. The molecule has 1 unspecified atom stereocenters. The van der Waals surface area contributed by atoms with Gasteiger partial charge in [-0.05, 0) is 12.1 Å². The second-order valence-electron chi connectivity index (χ2n) is 5.38. The maximum absolute atomic E-state index is 5.53. The monoisotopic (exact) mass is 322 g/mol. The smallest absolute Gasteiger partial charge is 0.123 e. The van der Waals surface area contributed by atoms with E-state index in [0.29, 0.717) is 6.04 Å². The Bertz CT molecular complexity index is 601. The van der Waals surface area contributed by atoms with Crippen LogP contribution in [0.4, 0.5) is 0 Å². The minimum atomic E-state index is 0. The normalized spacial score (nSPS) is 18.7. The van der Waals surface area contributed by atoms with Crippen LogP contribution < -0.4 is 10.1 Å². The number of methoxy groups -OCH3 is 1. The highest BCUT2D eigenvalue weighted by atomic mass is 35.5.